The molecule has 3 aromatic carbocycles. The van der Waals surface area contributed by atoms with Crippen LogP contribution in [0.3, 0.4) is 0 Å². The molecule has 0 spiro atoms. The second-order valence-corrected chi connectivity index (χ2v) is 8.96. The summed E-state index contributed by atoms with van der Waals surface area (Å²) in [5.74, 6) is -2.04. The molecule has 5 N–H and O–H groups in total. The third-order valence-electron chi connectivity index (χ3n) is 5.97. The van der Waals surface area contributed by atoms with Crippen LogP contribution >= 0.6 is 0 Å². The first-order valence-corrected chi connectivity index (χ1v) is 12.1. The number of aromatic nitrogens is 2. The van der Waals surface area contributed by atoms with Gasteiger partial charge in [-0.05, 0) is 41.3 Å². The standard InChI is InChI=1S/C29H28N4O5/c1-18(34)30-23-9-5-8-22(15-23)25-17-26(33-32-25)28(36)31-24(16-27(35)29(37)38)14-19-10-12-21(13-11-19)20-6-3-2-4-7-20/h2-13,15,17,24,27,35H,14,16H2,1H3,(H,30,34)(H,31,36)(H,32,33)(H,37,38). The van der Waals surface area contributed by atoms with E-state index in [1.807, 2.05) is 54.6 Å². The molecule has 9 heteroatoms. The Kier molecular flexibility index (Phi) is 8.30. The van der Waals surface area contributed by atoms with Gasteiger partial charge >= 0.3 is 5.97 Å². The molecule has 0 saturated carbocycles. The van der Waals surface area contributed by atoms with Gasteiger partial charge in [0.1, 0.15) is 5.69 Å². The minimum atomic E-state index is -1.63. The first-order chi connectivity index (χ1) is 18.3. The number of carbonyl (C=O) groups excluding carboxylic acids is 2. The molecule has 0 fully saturated rings. The summed E-state index contributed by atoms with van der Waals surface area (Å²) in [6.07, 6.45) is -1.47. The number of rotatable bonds is 10. The second-order valence-electron chi connectivity index (χ2n) is 8.96. The molecule has 2 unspecified atom stereocenters. The van der Waals surface area contributed by atoms with Gasteiger partial charge in [0.05, 0.1) is 5.69 Å². The Morgan fingerprint density at radius 2 is 1.58 bits per heavy atom. The van der Waals surface area contributed by atoms with E-state index in [0.29, 0.717) is 23.4 Å². The van der Waals surface area contributed by atoms with Gasteiger partial charge in [0.15, 0.2) is 6.10 Å². The predicted molar refractivity (Wildman–Crippen MR) is 143 cm³/mol. The average Bonchev–Trinajstić information content (AvgIpc) is 3.40. The molecular weight excluding hydrogens is 484 g/mol. The zero-order chi connectivity index (χ0) is 27.1. The molecule has 2 atom stereocenters. The SMILES string of the molecule is CC(=O)Nc1cccc(-c2cc(C(=O)NC(Cc3ccc(-c4ccccc4)cc3)CC(O)C(=O)O)[nH]n2)c1. The number of nitrogens with zero attached hydrogens (tertiary/aromatic N) is 1. The average molecular weight is 513 g/mol. The van der Waals surface area contributed by atoms with Crippen LogP contribution in [0.1, 0.15) is 29.4 Å². The molecule has 4 aromatic rings. The van der Waals surface area contributed by atoms with Gasteiger partial charge in [-0.15, -0.1) is 0 Å². The second kappa shape index (κ2) is 12.0. The number of benzene rings is 3. The van der Waals surface area contributed by atoms with Crippen molar-refractivity contribution in [1.82, 2.24) is 15.5 Å². The number of carbonyl (C=O) groups is 3. The minimum absolute atomic E-state index is 0.165. The molecule has 0 aliphatic carbocycles. The zero-order valence-electron chi connectivity index (χ0n) is 20.7. The summed E-state index contributed by atoms with van der Waals surface area (Å²) < 4.78 is 0. The Labute approximate surface area is 219 Å². The number of aliphatic carboxylic acids is 1. The number of hydrogen-bond acceptors (Lipinski definition) is 5. The highest BCUT2D eigenvalue weighted by Crippen LogP contribution is 2.23. The predicted octanol–water partition coefficient (Wildman–Crippen LogP) is 3.88. The molecule has 9 nitrogen and oxygen atoms in total. The number of amides is 2. The van der Waals surface area contributed by atoms with Crippen LogP contribution in [0.5, 0.6) is 0 Å². The fourth-order valence-corrected chi connectivity index (χ4v) is 4.12. The lowest BCUT2D eigenvalue weighted by molar-refractivity contribution is -0.147. The number of nitrogens with one attached hydrogen (secondary N) is 3. The summed E-state index contributed by atoms with van der Waals surface area (Å²) in [5, 5.41) is 31.6. The number of aliphatic hydroxyl groups excluding tert-OH is 1. The normalized spacial score (nSPS) is 12.4. The van der Waals surface area contributed by atoms with E-state index in [4.69, 9.17) is 0 Å². The number of hydrogen-bond donors (Lipinski definition) is 5. The Morgan fingerprint density at radius 3 is 2.26 bits per heavy atom. The van der Waals surface area contributed by atoms with Crippen molar-refractivity contribution in [3.8, 4) is 22.4 Å². The molecule has 38 heavy (non-hydrogen) atoms. The molecule has 0 aliphatic heterocycles. The number of H-pyrrole nitrogens is 1. The maximum atomic E-state index is 13.0. The fraction of sp³-hybridized carbons (Fsp3) is 0.172. The highest BCUT2D eigenvalue weighted by atomic mass is 16.4. The molecule has 0 aliphatic rings. The van der Waals surface area contributed by atoms with Crippen molar-refractivity contribution in [2.75, 3.05) is 5.32 Å². The molecule has 1 aromatic heterocycles. The third kappa shape index (κ3) is 6.92. The first kappa shape index (κ1) is 26.3. The van der Waals surface area contributed by atoms with Crippen LogP contribution in [0.25, 0.3) is 22.4 Å². The van der Waals surface area contributed by atoms with Crippen LogP contribution in [0, 0.1) is 0 Å². The van der Waals surface area contributed by atoms with Crippen LogP contribution in [0.2, 0.25) is 0 Å². The third-order valence-corrected chi connectivity index (χ3v) is 5.97. The van der Waals surface area contributed by atoms with Crippen LogP contribution in [-0.4, -0.2) is 50.3 Å². The van der Waals surface area contributed by atoms with Crippen molar-refractivity contribution >= 4 is 23.5 Å². The molecule has 0 radical (unpaired) electrons. The maximum Gasteiger partial charge on any atom is 0.332 e. The van der Waals surface area contributed by atoms with Gasteiger partial charge in [-0.3, -0.25) is 14.7 Å². The Bertz CT molecular complexity index is 1420. The number of aromatic amines is 1. The lowest BCUT2D eigenvalue weighted by Crippen LogP contribution is -2.40. The zero-order valence-corrected chi connectivity index (χ0v) is 20.7. The van der Waals surface area contributed by atoms with Gasteiger partial charge in [0.2, 0.25) is 5.91 Å². The lowest BCUT2D eigenvalue weighted by Gasteiger charge is -2.20. The summed E-state index contributed by atoms with van der Waals surface area (Å²) in [5.41, 5.74) is 4.97. The van der Waals surface area contributed by atoms with E-state index in [0.717, 1.165) is 16.7 Å². The fourth-order valence-electron chi connectivity index (χ4n) is 4.12. The smallest absolute Gasteiger partial charge is 0.332 e. The van der Waals surface area contributed by atoms with Crippen LogP contribution in [-0.2, 0) is 16.0 Å². The van der Waals surface area contributed by atoms with E-state index >= 15 is 0 Å². The van der Waals surface area contributed by atoms with E-state index in [9.17, 15) is 24.6 Å². The number of anilines is 1. The maximum absolute atomic E-state index is 13.0. The monoisotopic (exact) mass is 512 g/mol. The highest BCUT2D eigenvalue weighted by molar-refractivity contribution is 5.94. The van der Waals surface area contributed by atoms with Crippen molar-refractivity contribution < 1.29 is 24.6 Å². The molecule has 0 saturated heterocycles. The van der Waals surface area contributed by atoms with Crippen molar-refractivity contribution in [3.05, 3.63) is 96.2 Å². The van der Waals surface area contributed by atoms with Gasteiger partial charge in [0, 0.05) is 30.6 Å². The summed E-state index contributed by atoms with van der Waals surface area (Å²) >= 11 is 0. The van der Waals surface area contributed by atoms with Gasteiger partial charge in [-0.25, -0.2) is 4.79 Å². The quantitative estimate of drug-likeness (QED) is 0.218. The van der Waals surface area contributed by atoms with E-state index in [1.54, 1.807) is 30.3 Å². The Balaban J connectivity index is 1.48. The minimum Gasteiger partial charge on any atom is -0.479 e. The Hall–Kier alpha value is -4.76. The van der Waals surface area contributed by atoms with Crippen molar-refractivity contribution in [2.45, 2.75) is 31.9 Å². The van der Waals surface area contributed by atoms with Crippen LogP contribution < -0.4 is 10.6 Å². The Morgan fingerprint density at radius 1 is 0.895 bits per heavy atom. The van der Waals surface area contributed by atoms with Crippen LogP contribution in [0.15, 0.2) is 84.9 Å². The van der Waals surface area contributed by atoms with Crippen molar-refractivity contribution in [3.63, 3.8) is 0 Å². The molecule has 194 valence electrons. The number of aliphatic hydroxyl groups is 1. The van der Waals surface area contributed by atoms with Gasteiger partial charge < -0.3 is 20.8 Å². The van der Waals surface area contributed by atoms with E-state index in [-0.39, 0.29) is 18.0 Å². The molecular formula is C29H28N4O5. The highest BCUT2D eigenvalue weighted by Gasteiger charge is 2.23. The molecule has 2 amide bonds. The molecule has 1 heterocycles. The summed E-state index contributed by atoms with van der Waals surface area (Å²) in [4.78, 5) is 35.7. The van der Waals surface area contributed by atoms with E-state index in [1.165, 1.54) is 6.92 Å². The van der Waals surface area contributed by atoms with Gasteiger partial charge in [0.25, 0.3) is 5.91 Å². The number of carboxylic acids is 1. The summed E-state index contributed by atoms with van der Waals surface area (Å²) in [7, 11) is 0. The summed E-state index contributed by atoms with van der Waals surface area (Å²) in [6.45, 7) is 1.42. The topological polar surface area (TPSA) is 144 Å². The van der Waals surface area contributed by atoms with E-state index < -0.39 is 24.0 Å². The molecule has 4 rings (SSSR count). The molecule has 0 bridgehead atoms. The van der Waals surface area contributed by atoms with Crippen LogP contribution in [0.4, 0.5) is 5.69 Å². The summed E-state index contributed by atoms with van der Waals surface area (Å²) in [6, 6.07) is 25.6. The van der Waals surface area contributed by atoms with Gasteiger partial charge in [-0.2, -0.15) is 5.10 Å². The van der Waals surface area contributed by atoms with Gasteiger partial charge in [-0.1, -0.05) is 66.7 Å². The van der Waals surface area contributed by atoms with Crippen molar-refractivity contribution in [1.29, 1.82) is 0 Å². The van der Waals surface area contributed by atoms with E-state index in [2.05, 4.69) is 20.8 Å². The first-order valence-electron chi connectivity index (χ1n) is 12.1. The largest absolute Gasteiger partial charge is 0.479 e. The number of carboxylic acid groups (broad SMARTS) is 1. The lowest BCUT2D eigenvalue weighted by atomic mass is 9.97. The van der Waals surface area contributed by atoms with Crippen molar-refractivity contribution in [2.24, 2.45) is 0 Å².